The number of hydrogen-bond donors (Lipinski definition) is 0. The zero-order valence-corrected chi connectivity index (χ0v) is 83.0. The van der Waals surface area contributed by atoms with Gasteiger partial charge in [-0.3, -0.25) is 0 Å². The summed E-state index contributed by atoms with van der Waals surface area (Å²) in [5.41, 5.74) is 2.22. The molecule has 0 heterocycles. The van der Waals surface area contributed by atoms with Crippen molar-refractivity contribution >= 4 is 83.4 Å². The average Bonchev–Trinajstić information content (AvgIpc) is 0.770. The summed E-state index contributed by atoms with van der Waals surface area (Å²) >= 11 is 0. The summed E-state index contributed by atoms with van der Waals surface area (Å²) < 4.78 is 499. The number of halogens is 24. The van der Waals surface area contributed by atoms with Crippen molar-refractivity contribution in [3.63, 3.8) is 0 Å². The minimum atomic E-state index is -5.74. The van der Waals surface area contributed by atoms with Crippen molar-refractivity contribution in [3.05, 3.63) is 326 Å². The molecule has 0 atom stereocenters. The normalized spacial score (nSPS) is 11.5. The fraction of sp³-hybridized carbons (Fsp3) is 0.289. The van der Waals surface area contributed by atoms with Crippen LogP contribution in [0.25, 0.3) is 19.4 Å². The van der Waals surface area contributed by atoms with Gasteiger partial charge in [-0.1, -0.05) is 138 Å². The van der Waals surface area contributed by atoms with E-state index in [4.69, 9.17) is 18.9 Å². The smallest absolute Gasteiger partial charge is 0.401 e. The molecule has 55 heteroatoms. The van der Waals surface area contributed by atoms with E-state index in [2.05, 4.69) is 88.3 Å². The number of carbonyl (C=O) groups is 2. The van der Waals surface area contributed by atoms with Gasteiger partial charge in [0.1, 0.15) is 104 Å². The van der Waals surface area contributed by atoms with Gasteiger partial charge in [-0.15, -0.1) is 0 Å². The van der Waals surface area contributed by atoms with Gasteiger partial charge < -0.3 is 50.5 Å². The van der Waals surface area contributed by atoms with E-state index in [1.807, 2.05) is 52.0 Å². The molecule has 0 N–H and O–H groups in total. The largest absolute Gasteiger partial charge is 0.744 e. The molecule has 808 valence electrons. The van der Waals surface area contributed by atoms with E-state index in [1.54, 1.807) is 26.0 Å². The summed E-state index contributed by atoms with van der Waals surface area (Å²) in [6.45, 7) is 49.9. The molecule has 0 saturated heterocycles. The zero-order chi connectivity index (χ0) is 114. The molecule has 25 nitrogen and oxygen atoms in total. The third-order valence-corrected chi connectivity index (χ3v) is 24.2. The van der Waals surface area contributed by atoms with Gasteiger partial charge in [0.05, 0.1) is 57.4 Å². The van der Waals surface area contributed by atoms with Gasteiger partial charge in [-0.25, -0.2) is 122 Å². The van der Waals surface area contributed by atoms with Crippen molar-refractivity contribution in [2.24, 2.45) is 0 Å². The lowest BCUT2D eigenvalue weighted by Crippen LogP contribution is -2.38. The highest BCUT2D eigenvalue weighted by molar-refractivity contribution is 8.12. The lowest BCUT2D eigenvalue weighted by atomic mass is 10.1. The second kappa shape index (κ2) is 57.6. The average molecular weight is 2220 g/mol. The summed E-state index contributed by atoms with van der Waals surface area (Å²) in [6, 6.07) is 26.3. The zero-order valence-electron chi connectivity index (χ0n) is 78.1. The van der Waals surface area contributed by atoms with Crippen LogP contribution in [0, 0.1) is 76.7 Å². The first-order chi connectivity index (χ1) is 65.6. The summed E-state index contributed by atoms with van der Waals surface area (Å²) in [5.74, 6) is -41.3. The highest BCUT2D eigenvalue weighted by Crippen LogP contribution is 2.38. The molecule has 0 aromatic heterocycles. The number of hydrogen-bond acceptors (Lipinski definition) is 23. The van der Waals surface area contributed by atoms with E-state index in [0.29, 0.717) is 30.1 Å². The first kappa shape index (κ1) is 135. The predicted octanol–water partition coefficient (Wildman–Crippen LogP) is 23.6. The second-order valence-corrected chi connectivity index (χ2v) is 38.7. The van der Waals surface area contributed by atoms with Gasteiger partial charge in [0.15, 0.2) is 64.8 Å². The van der Waals surface area contributed by atoms with Crippen LogP contribution in [0.15, 0.2) is 240 Å². The first-order valence-corrected chi connectivity index (χ1v) is 48.2. The quantitative estimate of drug-likeness (QED) is 0.00520. The number of benzene rings is 7. The van der Waals surface area contributed by atoms with Crippen LogP contribution in [0.2, 0.25) is 0 Å². The number of rotatable bonds is 35. The summed E-state index contributed by atoms with van der Waals surface area (Å²) in [5, 5.41) is 0. The molecule has 0 amide bonds. The number of carbonyl (C=O) groups excluding carboxylic acids is 2. The van der Waals surface area contributed by atoms with Crippen LogP contribution >= 0.6 is 0 Å². The minimum absolute atomic E-state index is 0.0292. The molecule has 7 aromatic rings. The number of sulfonamides is 4. The van der Waals surface area contributed by atoms with E-state index in [1.165, 1.54) is 74.9 Å². The third kappa shape index (κ3) is 48.5. The van der Waals surface area contributed by atoms with Crippen molar-refractivity contribution < 1.29 is 208 Å². The molecule has 0 unspecified atom stereocenters. The maximum absolute atomic E-state index is 13.8. The fourth-order valence-corrected chi connectivity index (χ4v) is 15.1. The van der Waals surface area contributed by atoms with Gasteiger partial charge in [0.2, 0.25) is 17.4 Å². The van der Waals surface area contributed by atoms with Crippen molar-refractivity contribution in [1.29, 1.82) is 0 Å². The third-order valence-electron chi connectivity index (χ3n) is 16.0. The molecule has 7 aromatic carbocycles. The van der Waals surface area contributed by atoms with Crippen molar-refractivity contribution in [2.75, 3.05) is 37.9 Å². The molecule has 0 spiro atoms. The number of esters is 2. The van der Waals surface area contributed by atoms with Crippen LogP contribution in [0.1, 0.15) is 110 Å². The Balaban J connectivity index is 0. The standard InChI is InChI=1S/C16H12F4O4S.C12H10F4O4S.C11H8F4O2.C11H14O.C9H12F4O2.2C8H7F3NO4S2.C8H12F2O.C7H12O/c1-8(2)9-3-5-10(6-4-9)24-7-11-12(17)14(19)16(25(21,22)23)15(20)13(11)18;1-5(2)6(3)20-4-7-8(13)10(15)12(21(17,18)19)11(16)9(7)14;1-4(2)11(16)17-10-8(14)6(12)5(3)7(13)9(10)15;1-4-12-11-7-5-10(6-8-11)9(2)3;1-6(2)7(14)15-5-4-9(12,13)8(3,10)11;2*9-8(10,11)6-17(13,14)12-18(15,16)7-4-2-1-3-5-7;1-6(2)7(3)11-5-8(4,9)10;1-5-8-7(4)6(2)3/h3-6H,1,7H2,2H3,(H,21,22,23);1,3-4H2,2H3,(H,17,18,19);1H2,2-3H3;5-8H,2,4H2,1,3H3;1,4-5H2,2-3H3;2*1-5H,6H2;1,3,5H2,2,4H3;2,4-5H2,1,3H3/q;;;;;2*-1;;/p-2. The van der Waals surface area contributed by atoms with Crippen molar-refractivity contribution in [1.82, 2.24) is 0 Å². The molecule has 0 aliphatic heterocycles. The molecule has 0 bridgehead atoms. The van der Waals surface area contributed by atoms with Gasteiger partial charge >= 0.3 is 36.1 Å². The lowest BCUT2D eigenvalue weighted by molar-refractivity contribution is -0.206. The van der Waals surface area contributed by atoms with Crippen molar-refractivity contribution in [3.8, 4) is 17.2 Å². The maximum atomic E-state index is 13.8. The lowest BCUT2D eigenvalue weighted by Gasteiger charge is -2.22. The SMILES string of the molecule is C=C(C)C(=C)OCC.C=C(C)C(=C)OCC(C)(F)F.C=C(C)C(=C)OCc1c(F)c(F)c(S(=O)(=O)[O-])c(F)c1F.C=C(C)C(=O)OCCC(F)(F)C(C)(F)F.C=C(C)C(=O)Oc1c(F)c(F)c(C)c(F)c1F.C=C(C)c1ccc(OCC)cc1.C=C(C)c1ccc(OCc2c(F)c(F)c(S(=O)(=O)[O-])c(F)c2F)cc1.O=S(=O)(CC(F)(F)F)[N-]S(=O)(=O)c1ccccc1.O=S(=O)(CC(F)(F)F)[N-]S(=O)(=O)c1ccccc1. The summed E-state index contributed by atoms with van der Waals surface area (Å²) in [6.07, 6.45) is -11.3. The number of nitrogens with zero attached hydrogens (tertiary/aromatic N) is 2. The van der Waals surface area contributed by atoms with Crippen LogP contribution in [0.3, 0.4) is 0 Å². The Morgan fingerprint density at radius 3 is 0.952 bits per heavy atom. The fourth-order valence-electron chi connectivity index (χ4n) is 8.56. The maximum Gasteiger partial charge on any atom is 0.401 e. The monoisotopic (exact) mass is 2220 g/mol. The molecule has 0 aliphatic carbocycles. The number of alkyl halides is 12. The van der Waals surface area contributed by atoms with Gasteiger partial charge in [0.25, 0.3) is 5.92 Å². The Morgan fingerprint density at radius 1 is 0.372 bits per heavy atom. The Hall–Kier alpha value is -12.3. The highest BCUT2D eigenvalue weighted by Gasteiger charge is 2.52. The van der Waals surface area contributed by atoms with Gasteiger partial charge in [-0.2, -0.15) is 43.9 Å². The van der Waals surface area contributed by atoms with Crippen LogP contribution in [0.4, 0.5) is 105 Å². The predicted molar refractivity (Wildman–Crippen MR) is 482 cm³/mol. The highest BCUT2D eigenvalue weighted by atomic mass is 32.3. The molecular formula is C90H92F24N2O23S6-4. The van der Waals surface area contributed by atoms with Crippen LogP contribution < -0.4 is 14.2 Å². The van der Waals surface area contributed by atoms with Crippen LogP contribution in [-0.2, 0) is 102 Å². The Bertz CT molecular complexity index is 6340. The van der Waals surface area contributed by atoms with Gasteiger partial charge in [-0.05, 0) is 146 Å². The molecule has 0 radical (unpaired) electrons. The van der Waals surface area contributed by atoms with E-state index < -0.39 is 259 Å². The molecular weight excluding hydrogens is 2130 g/mol. The molecule has 0 aliphatic rings. The van der Waals surface area contributed by atoms with Crippen LogP contribution in [0.5, 0.6) is 17.2 Å². The molecule has 0 fully saturated rings. The topological polar surface area (TPSA) is 378 Å². The van der Waals surface area contributed by atoms with Crippen LogP contribution in [-0.4, -0.2) is 140 Å². The van der Waals surface area contributed by atoms with E-state index in [9.17, 15) is 175 Å². The minimum Gasteiger partial charge on any atom is -0.744 e. The van der Waals surface area contributed by atoms with E-state index in [0.717, 1.165) is 66.1 Å². The Morgan fingerprint density at radius 2 is 0.683 bits per heavy atom. The molecule has 145 heavy (non-hydrogen) atoms. The first-order valence-electron chi connectivity index (χ1n) is 39.3. The van der Waals surface area contributed by atoms with E-state index in [-0.39, 0.29) is 35.3 Å². The Labute approximate surface area is 820 Å². The van der Waals surface area contributed by atoms with Gasteiger partial charge in [0, 0.05) is 40.3 Å². The number of ether oxygens (including phenoxy) is 7. The molecule has 7 rings (SSSR count). The summed E-state index contributed by atoms with van der Waals surface area (Å²) in [7, 11) is -31.0. The number of allylic oxidation sites excluding steroid dienone is 5. The van der Waals surface area contributed by atoms with E-state index >= 15 is 0 Å². The second-order valence-electron chi connectivity index (χ2n) is 29.1. The molecule has 0 saturated carbocycles. The Kier molecular flexibility index (Phi) is 53.5. The summed E-state index contributed by atoms with van der Waals surface area (Å²) in [4.78, 5) is 16.4. The van der Waals surface area contributed by atoms with Crippen molar-refractivity contribution in [2.45, 2.75) is 152 Å².